The SMILES string of the molecule is Cc1nnc(SC2CCC(c3cn4ncnc4cc3Cl)CC2)o1. The summed E-state index contributed by atoms with van der Waals surface area (Å²) < 4.78 is 7.25. The molecule has 8 heteroatoms. The fraction of sp³-hybridized carbons (Fsp3) is 0.467. The van der Waals surface area contributed by atoms with E-state index in [0.717, 1.165) is 36.4 Å². The number of nitrogens with zero attached hydrogens (tertiary/aromatic N) is 5. The molecule has 3 heterocycles. The summed E-state index contributed by atoms with van der Waals surface area (Å²) in [6.07, 6.45) is 8.00. The minimum atomic E-state index is 0.470. The summed E-state index contributed by atoms with van der Waals surface area (Å²) in [5.74, 6) is 1.09. The van der Waals surface area contributed by atoms with Crippen molar-refractivity contribution in [1.82, 2.24) is 24.8 Å². The van der Waals surface area contributed by atoms with Crippen molar-refractivity contribution in [3.05, 3.63) is 35.1 Å². The van der Waals surface area contributed by atoms with Crippen LogP contribution in [0.15, 0.2) is 28.2 Å². The molecule has 0 aromatic carbocycles. The van der Waals surface area contributed by atoms with Gasteiger partial charge in [-0.1, -0.05) is 23.4 Å². The van der Waals surface area contributed by atoms with Crippen LogP contribution in [-0.2, 0) is 0 Å². The number of aromatic nitrogens is 5. The molecule has 3 aromatic rings. The van der Waals surface area contributed by atoms with Gasteiger partial charge in [-0.3, -0.25) is 0 Å². The van der Waals surface area contributed by atoms with Gasteiger partial charge in [-0.15, -0.1) is 10.2 Å². The summed E-state index contributed by atoms with van der Waals surface area (Å²) in [4.78, 5) is 4.17. The van der Waals surface area contributed by atoms with Crippen LogP contribution in [0.3, 0.4) is 0 Å². The molecule has 1 aliphatic carbocycles. The maximum absolute atomic E-state index is 6.44. The third kappa shape index (κ3) is 3.07. The number of rotatable bonds is 3. The van der Waals surface area contributed by atoms with E-state index in [0.29, 0.717) is 22.3 Å². The lowest BCUT2D eigenvalue weighted by molar-refractivity contribution is 0.419. The molecule has 0 atom stereocenters. The molecule has 4 rings (SSSR count). The molecule has 0 radical (unpaired) electrons. The van der Waals surface area contributed by atoms with Crippen LogP contribution in [0.4, 0.5) is 0 Å². The normalized spacial score (nSPS) is 21.8. The molecule has 1 fully saturated rings. The Labute approximate surface area is 142 Å². The van der Waals surface area contributed by atoms with E-state index in [4.69, 9.17) is 16.0 Å². The van der Waals surface area contributed by atoms with E-state index in [9.17, 15) is 0 Å². The van der Waals surface area contributed by atoms with Gasteiger partial charge in [-0.2, -0.15) is 5.10 Å². The average molecular weight is 350 g/mol. The number of hydrogen-bond acceptors (Lipinski definition) is 6. The van der Waals surface area contributed by atoms with Crippen LogP contribution in [0.5, 0.6) is 0 Å². The van der Waals surface area contributed by atoms with Crippen LogP contribution >= 0.6 is 23.4 Å². The van der Waals surface area contributed by atoms with Crippen molar-refractivity contribution in [2.24, 2.45) is 0 Å². The Balaban J connectivity index is 1.44. The van der Waals surface area contributed by atoms with E-state index in [2.05, 4.69) is 20.3 Å². The van der Waals surface area contributed by atoms with E-state index < -0.39 is 0 Å². The van der Waals surface area contributed by atoms with Gasteiger partial charge in [-0.05, 0) is 37.2 Å². The van der Waals surface area contributed by atoms with Gasteiger partial charge in [0.15, 0.2) is 5.65 Å². The van der Waals surface area contributed by atoms with Gasteiger partial charge in [-0.25, -0.2) is 9.50 Å². The molecule has 0 aliphatic heterocycles. The van der Waals surface area contributed by atoms with Gasteiger partial charge >= 0.3 is 0 Å². The van der Waals surface area contributed by atoms with Gasteiger partial charge in [0.1, 0.15) is 6.33 Å². The second-order valence-electron chi connectivity index (χ2n) is 5.82. The Kier molecular flexibility index (Phi) is 3.98. The second-order valence-corrected chi connectivity index (χ2v) is 7.48. The first kappa shape index (κ1) is 15.0. The highest BCUT2D eigenvalue weighted by Crippen LogP contribution is 2.41. The Morgan fingerprint density at radius 3 is 2.83 bits per heavy atom. The Morgan fingerprint density at radius 1 is 1.26 bits per heavy atom. The number of pyridine rings is 1. The van der Waals surface area contributed by atoms with Crippen LogP contribution in [0, 0.1) is 6.92 Å². The number of fused-ring (bicyclic) bond motifs is 1. The largest absolute Gasteiger partial charge is 0.416 e. The highest BCUT2D eigenvalue weighted by molar-refractivity contribution is 7.99. The van der Waals surface area contributed by atoms with Crippen LogP contribution in [0.1, 0.15) is 43.1 Å². The predicted molar refractivity (Wildman–Crippen MR) is 87.9 cm³/mol. The van der Waals surface area contributed by atoms with E-state index in [1.165, 1.54) is 5.56 Å². The number of thioether (sulfide) groups is 1. The molecule has 1 aliphatic rings. The van der Waals surface area contributed by atoms with Gasteiger partial charge < -0.3 is 4.42 Å². The van der Waals surface area contributed by atoms with Crippen LogP contribution < -0.4 is 0 Å². The van der Waals surface area contributed by atoms with Crippen molar-refractivity contribution < 1.29 is 4.42 Å². The molecular weight excluding hydrogens is 334 g/mol. The van der Waals surface area contributed by atoms with Crippen molar-refractivity contribution in [1.29, 1.82) is 0 Å². The molecule has 0 amide bonds. The zero-order chi connectivity index (χ0) is 15.8. The molecule has 0 saturated heterocycles. The van der Waals surface area contributed by atoms with Gasteiger partial charge in [0.05, 0.1) is 0 Å². The quantitative estimate of drug-likeness (QED) is 0.714. The lowest BCUT2D eigenvalue weighted by Crippen LogP contribution is -2.15. The minimum absolute atomic E-state index is 0.470. The smallest absolute Gasteiger partial charge is 0.276 e. The molecular formula is C15H16ClN5OS. The molecule has 1 saturated carbocycles. The third-order valence-corrected chi connectivity index (χ3v) is 5.78. The van der Waals surface area contributed by atoms with Crippen molar-refractivity contribution >= 4 is 29.0 Å². The van der Waals surface area contributed by atoms with E-state index >= 15 is 0 Å². The number of hydrogen-bond donors (Lipinski definition) is 0. The first-order chi connectivity index (χ1) is 11.2. The molecule has 23 heavy (non-hydrogen) atoms. The molecule has 3 aromatic heterocycles. The first-order valence-electron chi connectivity index (χ1n) is 7.64. The molecule has 120 valence electrons. The summed E-state index contributed by atoms with van der Waals surface area (Å²) in [5, 5.41) is 14.1. The highest BCUT2D eigenvalue weighted by Gasteiger charge is 2.26. The van der Waals surface area contributed by atoms with Crippen molar-refractivity contribution in [2.45, 2.75) is 49.0 Å². The highest BCUT2D eigenvalue weighted by atomic mass is 35.5. The summed E-state index contributed by atoms with van der Waals surface area (Å²) in [6, 6.07) is 1.89. The van der Waals surface area contributed by atoms with Crippen molar-refractivity contribution in [3.63, 3.8) is 0 Å². The third-order valence-electron chi connectivity index (χ3n) is 4.28. The second kappa shape index (κ2) is 6.13. The topological polar surface area (TPSA) is 69.1 Å². The Bertz CT molecular complexity index is 824. The lowest BCUT2D eigenvalue weighted by atomic mass is 9.84. The Morgan fingerprint density at radius 2 is 2.09 bits per heavy atom. The summed E-state index contributed by atoms with van der Waals surface area (Å²) in [7, 11) is 0. The Hall–Kier alpha value is -1.60. The van der Waals surface area contributed by atoms with Crippen LogP contribution in [0.2, 0.25) is 5.02 Å². The lowest BCUT2D eigenvalue weighted by Gasteiger charge is -2.28. The zero-order valence-corrected chi connectivity index (χ0v) is 14.2. The predicted octanol–water partition coefficient (Wildman–Crippen LogP) is 3.89. The number of halogens is 1. The van der Waals surface area contributed by atoms with Crippen molar-refractivity contribution in [2.75, 3.05) is 0 Å². The number of aryl methyl sites for hydroxylation is 1. The summed E-state index contributed by atoms with van der Waals surface area (Å²) >= 11 is 8.13. The molecule has 0 N–H and O–H groups in total. The van der Waals surface area contributed by atoms with Crippen molar-refractivity contribution in [3.8, 4) is 0 Å². The zero-order valence-electron chi connectivity index (χ0n) is 12.6. The van der Waals surface area contributed by atoms with E-state index in [1.807, 2.05) is 19.2 Å². The average Bonchev–Trinajstić information content (AvgIpc) is 3.16. The van der Waals surface area contributed by atoms with Crippen LogP contribution in [-0.4, -0.2) is 30.0 Å². The fourth-order valence-corrected chi connectivity index (χ4v) is 4.46. The maximum Gasteiger partial charge on any atom is 0.276 e. The van der Waals surface area contributed by atoms with Gasteiger partial charge in [0.25, 0.3) is 5.22 Å². The van der Waals surface area contributed by atoms with E-state index in [-0.39, 0.29) is 0 Å². The van der Waals surface area contributed by atoms with Gasteiger partial charge in [0, 0.05) is 29.5 Å². The first-order valence-corrected chi connectivity index (χ1v) is 8.90. The standard InChI is InChI=1S/C15H16ClN5OS/c1-9-19-20-15(22-9)23-11-4-2-10(3-5-11)12-7-21-14(6-13(12)16)17-8-18-21/h6-8,10-11H,2-5H2,1H3. The molecule has 0 bridgehead atoms. The molecule has 0 spiro atoms. The molecule has 0 unspecified atom stereocenters. The molecule has 6 nitrogen and oxygen atoms in total. The van der Waals surface area contributed by atoms with E-state index in [1.54, 1.807) is 22.6 Å². The maximum atomic E-state index is 6.44. The van der Waals surface area contributed by atoms with Crippen LogP contribution in [0.25, 0.3) is 5.65 Å². The fourth-order valence-electron chi connectivity index (χ4n) is 3.11. The van der Waals surface area contributed by atoms with Gasteiger partial charge in [0.2, 0.25) is 5.89 Å². The monoisotopic (exact) mass is 349 g/mol. The summed E-state index contributed by atoms with van der Waals surface area (Å²) in [5.41, 5.74) is 1.96. The summed E-state index contributed by atoms with van der Waals surface area (Å²) in [6.45, 7) is 1.82. The minimum Gasteiger partial charge on any atom is -0.416 e.